The van der Waals surface area contributed by atoms with Gasteiger partial charge in [-0.2, -0.15) is 5.26 Å². The molecule has 0 unspecified atom stereocenters. The van der Waals surface area contributed by atoms with Crippen LogP contribution in [0, 0.1) is 17.4 Å². The lowest BCUT2D eigenvalue weighted by Crippen LogP contribution is -2.11. The van der Waals surface area contributed by atoms with E-state index in [9.17, 15) is 4.79 Å². The minimum atomic E-state index is -0.367. The SMILES string of the molecule is C=CCc1[c]cc(C#N)c(=O)[nH]1. The second kappa shape index (κ2) is 3.54. The number of rotatable bonds is 2. The number of pyridine rings is 1. The van der Waals surface area contributed by atoms with Crippen molar-refractivity contribution in [2.45, 2.75) is 6.42 Å². The maximum absolute atomic E-state index is 11.0. The monoisotopic (exact) mass is 159 g/mol. The van der Waals surface area contributed by atoms with Crippen LogP contribution in [-0.2, 0) is 6.42 Å². The fourth-order valence-electron chi connectivity index (χ4n) is 0.803. The highest BCUT2D eigenvalue weighted by molar-refractivity contribution is 5.26. The Hall–Kier alpha value is -1.82. The highest BCUT2D eigenvalue weighted by Crippen LogP contribution is 1.93. The molecule has 0 saturated heterocycles. The van der Waals surface area contributed by atoms with Crippen LogP contribution in [-0.4, -0.2) is 4.98 Å². The molecule has 0 aliphatic heterocycles. The van der Waals surface area contributed by atoms with E-state index in [1.165, 1.54) is 6.07 Å². The van der Waals surface area contributed by atoms with Gasteiger partial charge in [0.05, 0.1) is 0 Å². The Morgan fingerprint density at radius 1 is 1.83 bits per heavy atom. The smallest absolute Gasteiger partial charge is 0.266 e. The average Bonchev–Trinajstić information content (AvgIpc) is 2.05. The van der Waals surface area contributed by atoms with Crippen molar-refractivity contribution in [3.05, 3.63) is 46.4 Å². The Labute approximate surface area is 70.0 Å². The second-order valence-electron chi connectivity index (χ2n) is 2.24. The van der Waals surface area contributed by atoms with Crippen LogP contribution in [0.5, 0.6) is 0 Å². The normalized spacial score (nSPS) is 8.92. The molecule has 0 aliphatic carbocycles. The van der Waals surface area contributed by atoms with E-state index in [1.807, 2.05) is 0 Å². The summed E-state index contributed by atoms with van der Waals surface area (Å²) in [5, 5.41) is 8.43. The lowest BCUT2D eigenvalue weighted by molar-refractivity contribution is 1.06. The van der Waals surface area contributed by atoms with Crippen LogP contribution >= 0.6 is 0 Å². The molecule has 1 aromatic heterocycles. The summed E-state index contributed by atoms with van der Waals surface area (Å²) >= 11 is 0. The minimum Gasteiger partial charge on any atom is -0.324 e. The Bertz CT molecular complexity index is 384. The fourth-order valence-corrected chi connectivity index (χ4v) is 0.803. The summed E-state index contributed by atoms with van der Waals surface area (Å²) in [5.74, 6) is 0. The van der Waals surface area contributed by atoms with E-state index < -0.39 is 0 Å². The summed E-state index contributed by atoms with van der Waals surface area (Å²) in [6, 6.07) is 5.93. The first-order valence-corrected chi connectivity index (χ1v) is 3.43. The molecule has 0 bridgehead atoms. The third-order valence-electron chi connectivity index (χ3n) is 1.37. The van der Waals surface area contributed by atoms with Gasteiger partial charge in [-0.25, -0.2) is 0 Å². The van der Waals surface area contributed by atoms with E-state index in [0.717, 1.165) is 0 Å². The Kier molecular flexibility index (Phi) is 2.44. The maximum atomic E-state index is 11.0. The molecule has 0 fully saturated rings. The molecule has 12 heavy (non-hydrogen) atoms. The highest BCUT2D eigenvalue weighted by Gasteiger charge is 1.97. The summed E-state index contributed by atoms with van der Waals surface area (Å²) in [4.78, 5) is 13.5. The molecule has 0 atom stereocenters. The molecule has 0 aromatic carbocycles. The Morgan fingerprint density at radius 2 is 2.58 bits per heavy atom. The molecule has 3 heteroatoms. The second-order valence-corrected chi connectivity index (χ2v) is 2.24. The van der Waals surface area contributed by atoms with Gasteiger partial charge in [-0.15, -0.1) is 6.58 Å². The third-order valence-corrected chi connectivity index (χ3v) is 1.37. The quantitative estimate of drug-likeness (QED) is 0.648. The molecule has 0 amide bonds. The van der Waals surface area contributed by atoms with E-state index in [2.05, 4.69) is 17.6 Å². The summed E-state index contributed by atoms with van der Waals surface area (Å²) in [7, 11) is 0. The van der Waals surface area contributed by atoms with Crippen LogP contribution in [0.15, 0.2) is 23.5 Å². The van der Waals surface area contributed by atoms with E-state index in [0.29, 0.717) is 12.1 Å². The van der Waals surface area contributed by atoms with Gasteiger partial charge in [-0.05, 0) is 6.07 Å². The van der Waals surface area contributed by atoms with E-state index in [-0.39, 0.29) is 11.1 Å². The lowest BCUT2D eigenvalue weighted by Gasteiger charge is -1.94. The maximum Gasteiger partial charge on any atom is 0.266 e. The van der Waals surface area contributed by atoms with Crippen molar-refractivity contribution in [1.82, 2.24) is 4.98 Å². The predicted octanol–water partition coefficient (Wildman–Crippen LogP) is 0.775. The van der Waals surface area contributed by atoms with E-state index in [4.69, 9.17) is 5.26 Å². The standard InChI is InChI=1S/C9H7N2O/c1-2-3-8-5-4-7(6-10)9(12)11-8/h2,4H,1,3H2,(H,11,12). The molecule has 59 valence electrons. The van der Waals surface area contributed by atoms with Crippen LogP contribution in [0.2, 0.25) is 0 Å². The van der Waals surface area contributed by atoms with Crippen molar-refractivity contribution in [3.8, 4) is 6.07 Å². The van der Waals surface area contributed by atoms with Crippen molar-refractivity contribution in [1.29, 1.82) is 5.26 Å². The topological polar surface area (TPSA) is 56.6 Å². The Morgan fingerprint density at radius 3 is 3.08 bits per heavy atom. The van der Waals surface area contributed by atoms with Gasteiger partial charge in [0.2, 0.25) is 0 Å². The fraction of sp³-hybridized carbons (Fsp3) is 0.111. The molecule has 3 nitrogen and oxygen atoms in total. The summed E-state index contributed by atoms with van der Waals surface area (Å²) in [6.07, 6.45) is 2.22. The number of aromatic amines is 1. The molecule has 1 radical (unpaired) electrons. The van der Waals surface area contributed by atoms with Crippen LogP contribution in [0.4, 0.5) is 0 Å². The third kappa shape index (κ3) is 1.61. The van der Waals surface area contributed by atoms with Gasteiger partial charge < -0.3 is 4.98 Å². The largest absolute Gasteiger partial charge is 0.324 e. The van der Waals surface area contributed by atoms with E-state index in [1.54, 1.807) is 12.1 Å². The van der Waals surface area contributed by atoms with Crippen molar-refractivity contribution < 1.29 is 0 Å². The molecule has 1 heterocycles. The zero-order valence-corrected chi connectivity index (χ0v) is 6.42. The summed E-state index contributed by atoms with van der Waals surface area (Å²) in [5.41, 5.74) is 0.366. The Balaban J connectivity index is 3.12. The molecular weight excluding hydrogens is 152 g/mol. The van der Waals surface area contributed by atoms with Crippen LogP contribution in [0.3, 0.4) is 0 Å². The van der Waals surface area contributed by atoms with Gasteiger partial charge >= 0.3 is 0 Å². The number of nitriles is 1. The molecule has 1 aromatic rings. The van der Waals surface area contributed by atoms with Gasteiger partial charge in [0.1, 0.15) is 11.6 Å². The number of hydrogen-bond acceptors (Lipinski definition) is 2. The van der Waals surface area contributed by atoms with Gasteiger partial charge in [-0.1, -0.05) is 6.08 Å². The zero-order valence-electron chi connectivity index (χ0n) is 6.42. The van der Waals surface area contributed by atoms with Crippen LogP contribution in [0.25, 0.3) is 0 Å². The molecule has 0 aliphatic rings. The summed E-state index contributed by atoms with van der Waals surface area (Å²) in [6.45, 7) is 3.52. The number of nitrogens with zero attached hydrogens (tertiary/aromatic N) is 1. The number of allylic oxidation sites excluding steroid dienone is 1. The van der Waals surface area contributed by atoms with E-state index >= 15 is 0 Å². The number of aromatic nitrogens is 1. The number of hydrogen-bond donors (Lipinski definition) is 1. The van der Waals surface area contributed by atoms with Gasteiger partial charge in [0.25, 0.3) is 5.56 Å². The van der Waals surface area contributed by atoms with Crippen LogP contribution < -0.4 is 5.56 Å². The first kappa shape index (κ1) is 8.28. The highest BCUT2D eigenvalue weighted by atomic mass is 16.1. The van der Waals surface area contributed by atoms with Gasteiger partial charge in [0, 0.05) is 18.2 Å². The number of H-pyrrole nitrogens is 1. The first-order valence-electron chi connectivity index (χ1n) is 3.43. The summed E-state index contributed by atoms with van der Waals surface area (Å²) < 4.78 is 0. The predicted molar refractivity (Wildman–Crippen MR) is 44.5 cm³/mol. The molecule has 1 rings (SSSR count). The van der Waals surface area contributed by atoms with Gasteiger partial charge in [0.15, 0.2) is 0 Å². The average molecular weight is 159 g/mol. The minimum absolute atomic E-state index is 0.0859. The van der Waals surface area contributed by atoms with Crippen LogP contribution in [0.1, 0.15) is 11.3 Å². The lowest BCUT2D eigenvalue weighted by atomic mass is 10.2. The number of nitrogens with one attached hydrogen (secondary N) is 1. The zero-order chi connectivity index (χ0) is 8.97. The van der Waals surface area contributed by atoms with Crippen molar-refractivity contribution >= 4 is 0 Å². The van der Waals surface area contributed by atoms with Crippen molar-refractivity contribution in [3.63, 3.8) is 0 Å². The molecule has 1 N–H and O–H groups in total. The van der Waals surface area contributed by atoms with Crippen molar-refractivity contribution in [2.75, 3.05) is 0 Å². The molecule has 0 saturated carbocycles. The van der Waals surface area contributed by atoms with Gasteiger partial charge in [-0.3, -0.25) is 4.79 Å². The molecule has 0 spiro atoms. The van der Waals surface area contributed by atoms with Crippen molar-refractivity contribution in [2.24, 2.45) is 0 Å². The molecular formula is C9H7N2O. The first-order chi connectivity index (χ1) is 5.77.